The minimum absolute atomic E-state index is 0.00517. The summed E-state index contributed by atoms with van der Waals surface area (Å²) in [6.07, 6.45) is -30.3. The van der Waals surface area contributed by atoms with Gasteiger partial charge >= 0.3 is 59.7 Å². The van der Waals surface area contributed by atoms with Crippen molar-refractivity contribution in [2.45, 2.75) is 92.1 Å². The fourth-order valence-electron chi connectivity index (χ4n) is 15.4. The molecule has 0 saturated carbocycles. The molecule has 1 aliphatic carbocycles. The summed E-state index contributed by atoms with van der Waals surface area (Å²) in [7, 11) is 0. The van der Waals surface area contributed by atoms with Crippen LogP contribution in [0, 0.1) is 0 Å². The summed E-state index contributed by atoms with van der Waals surface area (Å²) in [5.41, 5.74) is -20.4. The lowest BCUT2D eigenvalue weighted by atomic mass is 9.67. The van der Waals surface area contributed by atoms with Crippen LogP contribution < -0.4 is 9.47 Å². The summed E-state index contributed by atoms with van der Waals surface area (Å²) in [6.45, 7) is -2.52. The van der Waals surface area contributed by atoms with Crippen LogP contribution in [0.5, 0.6) is 161 Å². The molecule has 5 aliphatic heterocycles. The van der Waals surface area contributed by atoms with Crippen LogP contribution in [0.2, 0.25) is 0 Å². The van der Waals surface area contributed by atoms with Crippen molar-refractivity contribution in [3.8, 4) is 172 Å². The fraction of sp³-hybridized carbons (Fsp3) is 0.200. The summed E-state index contributed by atoms with van der Waals surface area (Å²) in [4.78, 5) is 178. The average molecular weight is 1930 g/mol. The topological polar surface area (TPSA) is 880 Å². The molecule has 4 bridgehead atoms. The number of rotatable bonds is 17. The number of esters is 10. The summed E-state index contributed by atoms with van der Waals surface area (Å²) in [5, 5.41) is 299. The Bertz CT molecular complexity index is 6770. The molecule has 15 rings (SSSR count). The molecule has 53 nitrogen and oxygen atoms in total. The van der Waals surface area contributed by atoms with E-state index in [9.17, 15) is 171 Å². The second-order valence-corrected chi connectivity index (χ2v) is 30.7. The molecular weight excluding hydrogens is 1870 g/mol. The van der Waals surface area contributed by atoms with Gasteiger partial charge in [0.2, 0.25) is 53.5 Å². The van der Waals surface area contributed by atoms with Crippen molar-refractivity contribution >= 4 is 71.3 Å². The molecule has 6 aliphatic rings. The second kappa shape index (κ2) is 34.4. The third-order valence-corrected chi connectivity index (χ3v) is 22.0. The summed E-state index contributed by atoms with van der Waals surface area (Å²) < 4.78 is 80.9. The van der Waals surface area contributed by atoms with Gasteiger partial charge in [-0.2, -0.15) is 0 Å². The zero-order chi connectivity index (χ0) is 101. The predicted octanol–water partition coefficient (Wildman–Crippen LogP) is 2.01. The van der Waals surface area contributed by atoms with Gasteiger partial charge in [0.05, 0.1) is 56.0 Å². The number of aromatic hydroxyl groups is 25. The van der Waals surface area contributed by atoms with Crippen LogP contribution in [0.1, 0.15) is 118 Å². The van der Waals surface area contributed by atoms with Gasteiger partial charge in [0.1, 0.15) is 36.8 Å². The van der Waals surface area contributed by atoms with Crippen LogP contribution in [0.4, 0.5) is 0 Å². The Morgan fingerprint density at radius 1 is 0.370 bits per heavy atom. The number of ether oxygens (including phenoxy) is 14. The molecule has 5 heterocycles. The molecule has 0 radical (unpaired) electrons. The van der Waals surface area contributed by atoms with Gasteiger partial charge in [-0.05, 0) is 91.9 Å². The Morgan fingerprint density at radius 3 is 1.27 bits per heavy atom. The number of carbonyl (C=O) groups is 12. The molecule has 2 fully saturated rings. The van der Waals surface area contributed by atoms with E-state index in [1.165, 1.54) is 0 Å². The smallest absolute Gasteiger partial charge is 0.342 e. The maximum Gasteiger partial charge on any atom is 0.342 e. The summed E-state index contributed by atoms with van der Waals surface area (Å²) in [6, 6.07) is 4.48. The van der Waals surface area contributed by atoms with Gasteiger partial charge in [-0.25, -0.2) is 47.9 Å². The Labute approximate surface area is 759 Å². The number of aliphatic hydroxyl groups is 2. The fourth-order valence-corrected chi connectivity index (χ4v) is 15.4. The van der Waals surface area contributed by atoms with Crippen molar-refractivity contribution in [1.29, 1.82) is 0 Å². The highest BCUT2D eigenvalue weighted by Crippen LogP contribution is 2.63. The van der Waals surface area contributed by atoms with Crippen molar-refractivity contribution in [3.05, 3.63) is 152 Å². The third-order valence-electron chi connectivity index (χ3n) is 22.0. The van der Waals surface area contributed by atoms with E-state index in [0.29, 0.717) is 66.7 Å². The van der Waals surface area contributed by atoms with Crippen molar-refractivity contribution in [2.24, 2.45) is 0 Å². The molecule has 2 saturated heterocycles. The molecular formula is C85H62O53. The van der Waals surface area contributed by atoms with Crippen LogP contribution in [-0.2, 0) is 71.2 Å². The molecule has 13 atom stereocenters. The van der Waals surface area contributed by atoms with Crippen LogP contribution >= 0.6 is 0 Å². The Kier molecular flexibility index (Phi) is 23.4. The van der Waals surface area contributed by atoms with Crippen molar-refractivity contribution < 1.29 is 262 Å². The van der Waals surface area contributed by atoms with Crippen molar-refractivity contribution in [2.75, 3.05) is 13.2 Å². The number of phenolic OH excluding ortho intramolecular Hbond substituents is 25. The zero-order valence-electron chi connectivity index (χ0n) is 68.3. The maximum absolute atomic E-state index is 16.0. The van der Waals surface area contributed by atoms with Gasteiger partial charge in [-0.3, -0.25) is 9.59 Å². The molecule has 27 N–H and O–H groups in total. The quantitative estimate of drug-likeness (QED) is 0.0352. The van der Waals surface area contributed by atoms with Crippen molar-refractivity contribution in [3.63, 3.8) is 0 Å². The molecule has 138 heavy (non-hydrogen) atoms. The van der Waals surface area contributed by atoms with E-state index in [1.54, 1.807) is 0 Å². The molecule has 0 amide bonds. The van der Waals surface area contributed by atoms with Gasteiger partial charge in [0.25, 0.3) is 5.79 Å². The maximum atomic E-state index is 16.0. The lowest BCUT2D eigenvalue weighted by Gasteiger charge is -2.45. The standard InChI is InChI=1S/C85H62O53/c1-20(86)17-84(123)47(101)16-29-51-50-28(14-44(100)60(110)67(50)138-85(51,84)124)79(120)134-71-69-65(131-80(29)121)46(128-83(71)137-76(117)25-10-39(95)56(106)40(96)11-25)19-126-77(118)27-13-43(99)59(109)66(49(27)48-26(78(119)133-69)12-41(97)57(107)61(48)111)129-63-30(15-42(98)58(108)62(63)112)81(122)135-70-68(132-74(115)23-6-35(91)54(104)36(92)7-23)64(130-73(114)22-4-33(89)53(103)34(90)5-22)45(18-125-72(113)21-2-31(87)52(102)32(88)3-21)127-82(70)136-75(116)24-8-37(93)55(105)38(94)9-24/h2-16,45-46,51,64-65,68-71,82-83,87-100,102-112,123-124H,17-19H2,1H3/t45-,46-,51+,64-,65-,68+,69+,70-,71-,82+,83+,84+,85-/m1/s1. The summed E-state index contributed by atoms with van der Waals surface area (Å²) in [5.74, 6) is -71.7. The monoisotopic (exact) mass is 1930 g/mol. The SMILES string of the molecule is CC(=O)C[C@]1(O)C(=O)C=C2C(=O)O[C@H]3[C@@H]4OC(=O)c5cc(O)c(O)c(O)c5-c5c(cc(O)c(O)c5Oc5c(C(=O)O[C@H]6[C@H](OC(=O)c7cc(O)c(O)c(O)c7)O[C@H](COC(=O)c7cc(O)c(O)c(O)c7)[C@@H](OC(=O)c7cc(O)c(O)c(O)c7)[C@@H]6OC(=O)c6cc(O)c(O)c(O)c6)cc(O)c(O)c5O)C(=O)OC[C@H]3O[C@@H](OC(=O)c3cc(O)c(O)c(O)c3)[C@@H]4OC(=O)c3cc(O)c(O)c4c3[C@H]2[C@@]1(O)O4. The van der Waals surface area contributed by atoms with E-state index in [0.717, 1.165) is 6.92 Å². The molecule has 0 aromatic heterocycles. The van der Waals surface area contributed by atoms with E-state index >= 15 is 24.0 Å². The van der Waals surface area contributed by atoms with Gasteiger partial charge in [0, 0.05) is 29.2 Å². The molecule has 9 aromatic carbocycles. The van der Waals surface area contributed by atoms with Crippen LogP contribution in [0.25, 0.3) is 11.1 Å². The van der Waals surface area contributed by atoms with Crippen LogP contribution in [-0.4, -0.2) is 295 Å². The number of phenols is 25. The second-order valence-electron chi connectivity index (χ2n) is 30.7. The van der Waals surface area contributed by atoms with Gasteiger partial charge in [-0.15, -0.1) is 0 Å². The van der Waals surface area contributed by atoms with Crippen LogP contribution in [0.3, 0.4) is 0 Å². The number of hydrogen-bond donors (Lipinski definition) is 27. The number of carbonyl (C=O) groups excluding carboxylic acids is 12. The van der Waals surface area contributed by atoms with E-state index in [4.69, 9.17) is 66.3 Å². The Morgan fingerprint density at radius 2 is 0.768 bits per heavy atom. The lowest BCUT2D eigenvalue weighted by molar-refractivity contribution is -0.286. The van der Waals surface area contributed by atoms with Gasteiger partial charge in [-0.1, -0.05) is 0 Å². The predicted molar refractivity (Wildman–Crippen MR) is 425 cm³/mol. The highest BCUT2D eigenvalue weighted by atomic mass is 16.8. The van der Waals surface area contributed by atoms with E-state index < -0.39 is 403 Å². The molecule has 720 valence electrons. The van der Waals surface area contributed by atoms with E-state index in [2.05, 4.69) is 0 Å². The number of cyclic esters (lactones) is 1. The Balaban J connectivity index is 0.897. The number of ketones is 2. The van der Waals surface area contributed by atoms with Crippen LogP contribution in [0.15, 0.2) is 96.6 Å². The normalized spacial score (nSPS) is 22.3. The highest BCUT2D eigenvalue weighted by molar-refractivity contribution is 6.12. The Hall–Kier alpha value is -18.8. The minimum atomic E-state index is -3.78. The first-order valence-electron chi connectivity index (χ1n) is 38.7. The zero-order valence-corrected chi connectivity index (χ0v) is 68.3. The average Bonchev–Trinajstić information content (AvgIpc) is 1.52. The first-order chi connectivity index (χ1) is 64.8. The number of Topliss-reactive ketones (excluding diaryl/α,β-unsaturated/α-hetero) is 1. The molecule has 0 spiro atoms. The van der Waals surface area contributed by atoms with Crippen molar-refractivity contribution in [1.82, 2.24) is 0 Å². The largest absolute Gasteiger partial charge is 0.504 e. The summed E-state index contributed by atoms with van der Waals surface area (Å²) >= 11 is 0. The number of hydrogen-bond acceptors (Lipinski definition) is 53. The third kappa shape index (κ3) is 16.0. The van der Waals surface area contributed by atoms with E-state index in [1.807, 2.05) is 0 Å². The van der Waals surface area contributed by atoms with E-state index in [-0.39, 0.29) is 24.3 Å². The molecule has 0 unspecified atom stereocenters. The molecule has 53 heteroatoms. The number of benzene rings is 9. The molecule has 9 aromatic rings. The first-order valence-corrected chi connectivity index (χ1v) is 38.7. The highest BCUT2D eigenvalue weighted by Gasteiger charge is 2.71. The lowest BCUT2D eigenvalue weighted by Crippen LogP contribution is -2.67. The number of fused-ring (bicyclic) bond motifs is 3. The van der Waals surface area contributed by atoms with Gasteiger partial charge in [0.15, 0.2) is 168 Å². The first kappa shape index (κ1) is 93.9. The van der Waals surface area contributed by atoms with Gasteiger partial charge < -0.3 is 204 Å². The minimum Gasteiger partial charge on any atom is -0.504 e.